The molecule has 0 spiro atoms. The average Bonchev–Trinajstić information content (AvgIpc) is 2.50. The van der Waals surface area contributed by atoms with Crippen LogP contribution in [0.2, 0.25) is 0 Å². The second-order valence-corrected chi connectivity index (χ2v) is 4.77. The second kappa shape index (κ2) is 2.86. The fourth-order valence-corrected chi connectivity index (χ4v) is 2.03. The van der Waals surface area contributed by atoms with Crippen LogP contribution in [0.5, 0.6) is 0 Å². The molecule has 0 amide bonds. The Hall–Kier alpha value is -0.790. The van der Waals surface area contributed by atoms with Gasteiger partial charge in [0.2, 0.25) is 0 Å². The summed E-state index contributed by atoms with van der Waals surface area (Å²) in [6.07, 6.45) is 6.43. The summed E-state index contributed by atoms with van der Waals surface area (Å²) in [7, 11) is 0. The first-order chi connectivity index (χ1) is 6.12. The molecule has 2 rings (SSSR count). The molecule has 1 unspecified atom stereocenters. The van der Waals surface area contributed by atoms with E-state index in [1.54, 1.807) is 0 Å². The van der Waals surface area contributed by atoms with Crippen molar-refractivity contribution in [1.82, 2.24) is 9.55 Å². The third kappa shape index (κ3) is 1.38. The summed E-state index contributed by atoms with van der Waals surface area (Å²) < 4.78 is 2.28. The van der Waals surface area contributed by atoms with Crippen molar-refractivity contribution >= 4 is 0 Å². The van der Waals surface area contributed by atoms with Gasteiger partial charge < -0.3 is 4.57 Å². The molecule has 0 aliphatic carbocycles. The maximum atomic E-state index is 4.40. The van der Waals surface area contributed by atoms with Gasteiger partial charge in [0.15, 0.2) is 0 Å². The predicted octanol–water partition coefficient (Wildman–Crippen LogP) is 2.49. The van der Waals surface area contributed by atoms with Gasteiger partial charge in [-0.2, -0.15) is 0 Å². The highest BCUT2D eigenvalue weighted by Gasteiger charge is 2.33. The van der Waals surface area contributed by atoms with E-state index in [0.717, 1.165) is 18.9 Å². The first kappa shape index (κ1) is 8.79. The Kier molecular flexibility index (Phi) is 1.94. The average molecular weight is 178 g/mol. The van der Waals surface area contributed by atoms with Gasteiger partial charge in [-0.3, -0.25) is 0 Å². The normalized spacial score (nSPS) is 27.7. The van der Waals surface area contributed by atoms with E-state index in [2.05, 4.69) is 36.5 Å². The molecule has 72 valence electrons. The van der Waals surface area contributed by atoms with Crippen molar-refractivity contribution in [2.45, 2.75) is 40.2 Å². The van der Waals surface area contributed by atoms with Gasteiger partial charge in [0, 0.05) is 25.4 Å². The van der Waals surface area contributed by atoms with Crippen LogP contribution in [0.15, 0.2) is 12.4 Å². The van der Waals surface area contributed by atoms with E-state index >= 15 is 0 Å². The number of rotatable bonds is 1. The van der Waals surface area contributed by atoms with Gasteiger partial charge in [-0.05, 0) is 17.8 Å². The molecular weight excluding hydrogens is 160 g/mol. The van der Waals surface area contributed by atoms with E-state index in [0.29, 0.717) is 5.41 Å². The van der Waals surface area contributed by atoms with Crippen LogP contribution in [0, 0.1) is 11.3 Å². The monoisotopic (exact) mass is 178 g/mol. The standard InChI is InChI=1S/C11H18N2/c1-9(2)11(3)4-6-13-7-5-12-10(13)8-11/h5,7,9H,4,6,8H2,1-3H3. The summed E-state index contributed by atoms with van der Waals surface area (Å²) in [5.74, 6) is 2.01. The van der Waals surface area contributed by atoms with E-state index < -0.39 is 0 Å². The molecule has 0 saturated heterocycles. The highest BCUT2D eigenvalue weighted by molar-refractivity contribution is 5.01. The summed E-state index contributed by atoms with van der Waals surface area (Å²) in [4.78, 5) is 4.40. The number of hydrogen-bond donors (Lipinski definition) is 0. The Morgan fingerprint density at radius 1 is 1.54 bits per heavy atom. The minimum atomic E-state index is 0.460. The summed E-state index contributed by atoms with van der Waals surface area (Å²) in [5, 5.41) is 0. The van der Waals surface area contributed by atoms with Gasteiger partial charge in [0.05, 0.1) is 0 Å². The number of aryl methyl sites for hydroxylation is 1. The molecule has 13 heavy (non-hydrogen) atoms. The highest BCUT2D eigenvalue weighted by atomic mass is 15.1. The molecule has 2 heteroatoms. The molecule has 1 aromatic rings. The lowest BCUT2D eigenvalue weighted by molar-refractivity contribution is 0.160. The lowest BCUT2D eigenvalue weighted by Gasteiger charge is -2.37. The van der Waals surface area contributed by atoms with E-state index in [1.807, 2.05) is 6.20 Å². The first-order valence-corrected chi connectivity index (χ1v) is 5.12. The Balaban J connectivity index is 2.25. The van der Waals surface area contributed by atoms with Crippen LogP contribution in [0.4, 0.5) is 0 Å². The molecule has 1 aliphatic rings. The van der Waals surface area contributed by atoms with Crippen LogP contribution in [-0.4, -0.2) is 9.55 Å². The molecule has 0 aromatic carbocycles. The van der Waals surface area contributed by atoms with Crippen molar-refractivity contribution in [2.24, 2.45) is 11.3 Å². The molecule has 0 radical (unpaired) electrons. The number of fused-ring (bicyclic) bond motifs is 1. The van der Waals surface area contributed by atoms with Crippen LogP contribution in [0.3, 0.4) is 0 Å². The van der Waals surface area contributed by atoms with Gasteiger partial charge in [-0.1, -0.05) is 20.8 Å². The van der Waals surface area contributed by atoms with Gasteiger partial charge in [-0.25, -0.2) is 4.98 Å². The van der Waals surface area contributed by atoms with Gasteiger partial charge in [0.1, 0.15) is 5.82 Å². The lowest BCUT2D eigenvalue weighted by Crippen LogP contribution is -2.33. The second-order valence-electron chi connectivity index (χ2n) is 4.77. The Labute approximate surface area is 80.0 Å². The van der Waals surface area contributed by atoms with Crippen LogP contribution in [0.1, 0.15) is 33.0 Å². The molecule has 1 aliphatic heterocycles. The van der Waals surface area contributed by atoms with E-state index in [9.17, 15) is 0 Å². The molecule has 0 fully saturated rings. The third-order valence-corrected chi connectivity index (χ3v) is 3.68. The molecular formula is C11H18N2. The predicted molar refractivity (Wildman–Crippen MR) is 53.5 cm³/mol. The van der Waals surface area contributed by atoms with Gasteiger partial charge in [0.25, 0.3) is 0 Å². The zero-order chi connectivity index (χ0) is 9.47. The summed E-state index contributed by atoms with van der Waals surface area (Å²) >= 11 is 0. The Bertz CT molecular complexity index is 301. The van der Waals surface area contributed by atoms with Crippen molar-refractivity contribution in [3.8, 4) is 0 Å². The smallest absolute Gasteiger partial charge is 0.109 e. The number of imidazole rings is 1. The summed E-state index contributed by atoms with van der Waals surface area (Å²) in [6, 6.07) is 0. The number of hydrogen-bond acceptors (Lipinski definition) is 1. The van der Waals surface area contributed by atoms with Crippen molar-refractivity contribution < 1.29 is 0 Å². The SMILES string of the molecule is CC(C)C1(C)CCn2ccnc2C1. The van der Waals surface area contributed by atoms with E-state index in [4.69, 9.17) is 0 Å². The third-order valence-electron chi connectivity index (χ3n) is 3.68. The van der Waals surface area contributed by atoms with E-state index in [1.165, 1.54) is 12.2 Å². The van der Waals surface area contributed by atoms with Crippen LogP contribution in [-0.2, 0) is 13.0 Å². The van der Waals surface area contributed by atoms with Crippen molar-refractivity contribution in [2.75, 3.05) is 0 Å². The minimum Gasteiger partial charge on any atom is -0.335 e. The molecule has 1 aromatic heterocycles. The maximum Gasteiger partial charge on any atom is 0.109 e. The molecule has 0 saturated carbocycles. The van der Waals surface area contributed by atoms with E-state index in [-0.39, 0.29) is 0 Å². The fourth-order valence-electron chi connectivity index (χ4n) is 2.03. The van der Waals surface area contributed by atoms with Crippen molar-refractivity contribution in [3.63, 3.8) is 0 Å². The van der Waals surface area contributed by atoms with Crippen molar-refractivity contribution in [1.29, 1.82) is 0 Å². The van der Waals surface area contributed by atoms with Crippen LogP contribution >= 0.6 is 0 Å². The van der Waals surface area contributed by atoms with Crippen LogP contribution in [0.25, 0.3) is 0 Å². The highest BCUT2D eigenvalue weighted by Crippen LogP contribution is 2.37. The number of nitrogens with zero attached hydrogens (tertiary/aromatic N) is 2. The zero-order valence-electron chi connectivity index (χ0n) is 8.75. The summed E-state index contributed by atoms with van der Waals surface area (Å²) in [5.41, 5.74) is 0.460. The van der Waals surface area contributed by atoms with Crippen LogP contribution < -0.4 is 0 Å². The summed E-state index contributed by atoms with van der Waals surface area (Å²) in [6.45, 7) is 8.16. The molecule has 2 heterocycles. The largest absolute Gasteiger partial charge is 0.335 e. The first-order valence-electron chi connectivity index (χ1n) is 5.12. The van der Waals surface area contributed by atoms with Gasteiger partial charge >= 0.3 is 0 Å². The fraction of sp³-hybridized carbons (Fsp3) is 0.727. The van der Waals surface area contributed by atoms with Gasteiger partial charge in [-0.15, -0.1) is 0 Å². The number of aromatic nitrogens is 2. The molecule has 2 nitrogen and oxygen atoms in total. The molecule has 0 bridgehead atoms. The Morgan fingerprint density at radius 3 is 3.00 bits per heavy atom. The maximum absolute atomic E-state index is 4.40. The zero-order valence-corrected chi connectivity index (χ0v) is 8.75. The minimum absolute atomic E-state index is 0.460. The molecule has 1 atom stereocenters. The lowest BCUT2D eigenvalue weighted by atomic mass is 9.72. The molecule has 0 N–H and O–H groups in total. The Morgan fingerprint density at radius 2 is 2.31 bits per heavy atom. The quantitative estimate of drug-likeness (QED) is 0.646. The van der Waals surface area contributed by atoms with Crippen molar-refractivity contribution in [3.05, 3.63) is 18.2 Å². The topological polar surface area (TPSA) is 17.8 Å².